The highest BCUT2D eigenvalue weighted by atomic mass is 35.5. The summed E-state index contributed by atoms with van der Waals surface area (Å²) in [5.74, 6) is 0. The zero-order chi connectivity index (χ0) is 12.2. The molecule has 0 saturated heterocycles. The zero-order valence-electron chi connectivity index (χ0n) is 9.96. The summed E-state index contributed by atoms with van der Waals surface area (Å²) in [5, 5.41) is 10.2. The number of aliphatic hydroxyl groups excluding tert-OH is 1. The Morgan fingerprint density at radius 3 is 2.56 bits per heavy atom. The first-order valence-electron chi connectivity index (χ1n) is 5.63. The van der Waals surface area contributed by atoms with Gasteiger partial charge in [-0.25, -0.2) is 0 Å². The van der Waals surface area contributed by atoms with Gasteiger partial charge in [0.2, 0.25) is 0 Å². The molecule has 1 unspecified atom stereocenters. The predicted octanol–water partition coefficient (Wildman–Crippen LogP) is 2.54. The number of aliphatic hydroxyl groups is 1. The highest BCUT2D eigenvalue weighted by Gasteiger charge is 2.26. The molecule has 0 spiro atoms. The quantitative estimate of drug-likeness (QED) is 0.832. The van der Waals surface area contributed by atoms with Crippen molar-refractivity contribution in [1.29, 1.82) is 0 Å². The average Bonchev–Trinajstić information content (AvgIpc) is 2.29. The van der Waals surface area contributed by atoms with Crippen molar-refractivity contribution in [3.63, 3.8) is 0 Å². The van der Waals surface area contributed by atoms with Crippen LogP contribution in [-0.4, -0.2) is 18.3 Å². The van der Waals surface area contributed by atoms with E-state index in [-0.39, 0.29) is 12.0 Å². The fourth-order valence-corrected chi connectivity index (χ4v) is 2.08. The molecule has 3 heteroatoms. The minimum absolute atomic E-state index is 0.101. The number of hydrogen-bond acceptors (Lipinski definition) is 2. The normalized spacial score (nSPS) is 14.8. The van der Waals surface area contributed by atoms with Gasteiger partial charge in [-0.05, 0) is 37.0 Å². The molecule has 2 nitrogen and oxygen atoms in total. The van der Waals surface area contributed by atoms with E-state index >= 15 is 0 Å². The van der Waals surface area contributed by atoms with Gasteiger partial charge in [-0.1, -0.05) is 30.7 Å². The molecule has 1 aromatic carbocycles. The fourth-order valence-electron chi connectivity index (χ4n) is 1.77. The summed E-state index contributed by atoms with van der Waals surface area (Å²) in [4.78, 5) is 0. The van der Waals surface area contributed by atoms with Crippen molar-refractivity contribution in [1.82, 2.24) is 0 Å². The van der Waals surface area contributed by atoms with Gasteiger partial charge in [0.1, 0.15) is 0 Å². The lowest BCUT2D eigenvalue weighted by Crippen LogP contribution is -2.35. The molecule has 0 amide bonds. The first-order valence-corrected chi connectivity index (χ1v) is 6.00. The maximum Gasteiger partial charge on any atom is 0.0502 e. The van der Waals surface area contributed by atoms with Gasteiger partial charge >= 0.3 is 0 Å². The molecule has 0 saturated carbocycles. The van der Waals surface area contributed by atoms with Crippen LogP contribution in [0.15, 0.2) is 18.2 Å². The third-order valence-corrected chi connectivity index (χ3v) is 3.64. The van der Waals surface area contributed by atoms with E-state index in [0.717, 1.165) is 29.0 Å². The van der Waals surface area contributed by atoms with E-state index in [1.54, 1.807) is 0 Å². The lowest BCUT2D eigenvalue weighted by Gasteiger charge is -2.29. The van der Waals surface area contributed by atoms with Gasteiger partial charge in [-0.15, -0.1) is 0 Å². The Kier molecular flexibility index (Phi) is 4.78. The van der Waals surface area contributed by atoms with Gasteiger partial charge in [0.25, 0.3) is 0 Å². The third kappa shape index (κ3) is 2.97. The van der Waals surface area contributed by atoms with E-state index in [1.807, 2.05) is 32.0 Å². The molecule has 16 heavy (non-hydrogen) atoms. The maximum atomic E-state index is 9.46. The number of benzene rings is 1. The Morgan fingerprint density at radius 1 is 1.44 bits per heavy atom. The lowest BCUT2D eigenvalue weighted by atomic mass is 9.80. The summed E-state index contributed by atoms with van der Waals surface area (Å²) >= 11 is 6.18. The SMILES string of the molecule is CCC(CN)(CO)Cc1ccc(C)cc1Cl. The van der Waals surface area contributed by atoms with E-state index in [2.05, 4.69) is 0 Å². The second-order valence-corrected chi connectivity index (χ2v) is 4.89. The molecular formula is C13H20ClNO. The molecule has 1 atom stereocenters. The molecule has 1 rings (SSSR count). The second kappa shape index (κ2) is 5.67. The van der Waals surface area contributed by atoms with Gasteiger partial charge in [0.05, 0.1) is 6.61 Å². The zero-order valence-corrected chi connectivity index (χ0v) is 10.7. The molecule has 0 aliphatic heterocycles. The van der Waals surface area contributed by atoms with Crippen LogP contribution in [-0.2, 0) is 6.42 Å². The van der Waals surface area contributed by atoms with Crippen LogP contribution in [0.4, 0.5) is 0 Å². The number of hydrogen-bond donors (Lipinski definition) is 2. The summed E-state index contributed by atoms with van der Waals surface area (Å²) in [7, 11) is 0. The van der Waals surface area contributed by atoms with Crippen LogP contribution in [0.5, 0.6) is 0 Å². The summed E-state index contributed by atoms with van der Waals surface area (Å²) in [6.45, 7) is 4.64. The summed E-state index contributed by atoms with van der Waals surface area (Å²) < 4.78 is 0. The third-order valence-electron chi connectivity index (χ3n) is 3.29. The van der Waals surface area contributed by atoms with Crippen LogP contribution in [0.3, 0.4) is 0 Å². The molecule has 0 aliphatic carbocycles. The van der Waals surface area contributed by atoms with Crippen LogP contribution in [0.2, 0.25) is 5.02 Å². The molecule has 0 fully saturated rings. The van der Waals surface area contributed by atoms with Crippen molar-refractivity contribution in [3.8, 4) is 0 Å². The highest BCUT2D eigenvalue weighted by molar-refractivity contribution is 6.31. The van der Waals surface area contributed by atoms with Crippen molar-refractivity contribution in [2.24, 2.45) is 11.1 Å². The van der Waals surface area contributed by atoms with Crippen molar-refractivity contribution in [3.05, 3.63) is 34.3 Å². The minimum atomic E-state index is -0.237. The smallest absolute Gasteiger partial charge is 0.0502 e. The standard InChI is InChI=1S/C13H20ClNO/c1-3-13(8-15,9-16)7-11-5-4-10(2)6-12(11)14/h4-6,16H,3,7-9,15H2,1-2H3. The molecule has 0 heterocycles. The number of halogens is 1. The molecule has 3 N–H and O–H groups in total. The van der Waals surface area contributed by atoms with Crippen LogP contribution >= 0.6 is 11.6 Å². The number of aryl methyl sites for hydroxylation is 1. The van der Waals surface area contributed by atoms with E-state index in [1.165, 1.54) is 0 Å². The highest BCUT2D eigenvalue weighted by Crippen LogP contribution is 2.29. The van der Waals surface area contributed by atoms with Crippen molar-refractivity contribution >= 4 is 11.6 Å². The van der Waals surface area contributed by atoms with Gasteiger partial charge < -0.3 is 10.8 Å². The molecule has 1 aromatic rings. The molecule has 0 aliphatic rings. The molecule has 0 aromatic heterocycles. The summed E-state index contributed by atoms with van der Waals surface area (Å²) in [6.07, 6.45) is 1.58. The molecular weight excluding hydrogens is 222 g/mol. The van der Waals surface area contributed by atoms with Crippen molar-refractivity contribution < 1.29 is 5.11 Å². The van der Waals surface area contributed by atoms with Gasteiger partial charge in [-0.2, -0.15) is 0 Å². The van der Waals surface area contributed by atoms with Gasteiger partial charge in [-0.3, -0.25) is 0 Å². The minimum Gasteiger partial charge on any atom is -0.396 e. The second-order valence-electron chi connectivity index (χ2n) is 4.49. The largest absolute Gasteiger partial charge is 0.396 e. The first-order chi connectivity index (χ1) is 7.56. The van der Waals surface area contributed by atoms with Crippen LogP contribution in [0.1, 0.15) is 24.5 Å². The predicted molar refractivity (Wildman–Crippen MR) is 68.8 cm³/mol. The van der Waals surface area contributed by atoms with Gasteiger partial charge in [0, 0.05) is 17.0 Å². The summed E-state index contributed by atoms with van der Waals surface area (Å²) in [6, 6.07) is 6.01. The number of nitrogens with two attached hydrogens (primary N) is 1. The van der Waals surface area contributed by atoms with Crippen molar-refractivity contribution in [2.75, 3.05) is 13.2 Å². The topological polar surface area (TPSA) is 46.2 Å². The van der Waals surface area contributed by atoms with Crippen molar-refractivity contribution in [2.45, 2.75) is 26.7 Å². The Hall–Kier alpha value is -0.570. The van der Waals surface area contributed by atoms with Crippen LogP contribution in [0, 0.1) is 12.3 Å². The van der Waals surface area contributed by atoms with E-state index in [4.69, 9.17) is 17.3 Å². The lowest BCUT2D eigenvalue weighted by molar-refractivity contribution is 0.127. The fraction of sp³-hybridized carbons (Fsp3) is 0.538. The Balaban J connectivity index is 2.93. The van der Waals surface area contributed by atoms with E-state index in [0.29, 0.717) is 6.54 Å². The monoisotopic (exact) mass is 241 g/mol. The molecule has 0 radical (unpaired) electrons. The average molecular weight is 242 g/mol. The Morgan fingerprint density at radius 2 is 2.12 bits per heavy atom. The summed E-state index contributed by atoms with van der Waals surface area (Å²) in [5.41, 5.74) is 7.73. The Labute approximate surface area is 102 Å². The van der Waals surface area contributed by atoms with E-state index in [9.17, 15) is 5.11 Å². The molecule has 90 valence electrons. The maximum absolute atomic E-state index is 9.46. The number of rotatable bonds is 5. The van der Waals surface area contributed by atoms with Crippen LogP contribution < -0.4 is 5.73 Å². The first kappa shape index (κ1) is 13.5. The molecule has 0 bridgehead atoms. The van der Waals surface area contributed by atoms with Crippen LogP contribution in [0.25, 0.3) is 0 Å². The Bertz CT molecular complexity index is 340. The van der Waals surface area contributed by atoms with Gasteiger partial charge in [0.15, 0.2) is 0 Å². The van der Waals surface area contributed by atoms with E-state index < -0.39 is 0 Å².